The van der Waals surface area contributed by atoms with Crippen LogP contribution in [0, 0.1) is 0 Å². The first-order chi connectivity index (χ1) is 11.6. The Bertz CT molecular complexity index is 813. The molecule has 0 aliphatic heterocycles. The molecule has 0 amide bonds. The third-order valence-electron chi connectivity index (χ3n) is 3.07. The van der Waals surface area contributed by atoms with Crippen LogP contribution in [0.2, 0.25) is 0 Å². The molecule has 0 saturated carbocycles. The molecule has 0 aliphatic carbocycles. The molecule has 0 radical (unpaired) electrons. The predicted octanol–water partition coefficient (Wildman–Crippen LogP) is 2.22. The van der Waals surface area contributed by atoms with Gasteiger partial charge in [0.25, 0.3) is 0 Å². The Morgan fingerprint density at radius 1 is 0.917 bits per heavy atom. The van der Waals surface area contributed by atoms with Crippen LogP contribution in [0.15, 0.2) is 71.3 Å². The van der Waals surface area contributed by atoms with Crippen molar-refractivity contribution < 1.29 is 23.1 Å². The molecule has 2 aromatic rings. The number of allylic oxidation sites excluding steroid dienone is 1. The van der Waals surface area contributed by atoms with Crippen LogP contribution in [0.25, 0.3) is 12.2 Å². The summed E-state index contributed by atoms with van der Waals surface area (Å²) in [7, 11) is -3.14. The summed E-state index contributed by atoms with van der Waals surface area (Å²) >= 11 is 0. The van der Waals surface area contributed by atoms with E-state index in [-0.39, 0.29) is 5.76 Å². The molecule has 124 valence electrons. The molecule has 0 bridgehead atoms. The Kier molecular flexibility index (Phi) is 6.48. The molecule has 5 nitrogen and oxygen atoms in total. The Morgan fingerprint density at radius 3 is 1.88 bits per heavy atom. The van der Waals surface area contributed by atoms with Crippen LogP contribution in [0.5, 0.6) is 0 Å². The summed E-state index contributed by atoms with van der Waals surface area (Å²) in [6.45, 7) is -0.737. The molecule has 2 aromatic carbocycles. The van der Waals surface area contributed by atoms with Crippen molar-refractivity contribution in [1.29, 1.82) is 0 Å². The number of rotatable bonds is 7. The van der Waals surface area contributed by atoms with Crippen molar-refractivity contribution in [2.45, 2.75) is 0 Å². The zero-order chi connectivity index (χ0) is 17.4. The number of benzene rings is 2. The standard InChI is InChI=1S/C18H16O5S/c19-13-23-16(11-14-7-3-1-4-8-14)18(20)17(24(21)22)12-15-9-5-2-6-10-15/h1-12,19,24H,13H2. The van der Waals surface area contributed by atoms with E-state index in [1.54, 1.807) is 60.7 Å². The molecule has 24 heavy (non-hydrogen) atoms. The number of ketones is 1. The maximum absolute atomic E-state index is 12.5. The van der Waals surface area contributed by atoms with Crippen molar-refractivity contribution in [3.63, 3.8) is 0 Å². The van der Waals surface area contributed by atoms with Crippen LogP contribution >= 0.6 is 0 Å². The average Bonchev–Trinajstić information content (AvgIpc) is 2.60. The maximum atomic E-state index is 12.5. The number of aliphatic hydroxyl groups is 1. The topological polar surface area (TPSA) is 80.7 Å². The highest BCUT2D eigenvalue weighted by atomic mass is 32.2. The van der Waals surface area contributed by atoms with Gasteiger partial charge in [-0.1, -0.05) is 60.7 Å². The third-order valence-corrected chi connectivity index (χ3v) is 3.80. The fourth-order valence-electron chi connectivity index (χ4n) is 1.98. The summed E-state index contributed by atoms with van der Waals surface area (Å²) in [5.41, 5.74) is 1.22. The van der Waals surface area contributed by atoms with Gasteiger partial charge in [0.15, 0.2) is 23.3 Å². The molecule has 0 aromatic heterocycles. The summed E-state index contributed by atoms with van der Waals surface area (Å²) in [4.78, 5) is 12.1. The number of Topliss-reactive ketones (excluding diaryl/α,β-unsaturated/α-hetero) is 1. The fraction of sp³-hybridized carbons (Fsp3) is 0.0556. The van der Waals surface area contributed by atoms with E-state index < -0.39 is 28.2 Å². The van der Waals surface area contributed by atoms with E-state index >= 15 is 0 Å². The molecule has 1 N–H and O–H groups in total. The van der Waals surface area contributed by atoms with Gasteiger partial charge in [-0.15, -0.1) is 0 Å². The molecule has 0 aliphatic rings. The number of carbonyl (C=O) groups excluding carboxylic acids is 1. The lowest BCUT2D eigenvalue weighted by Gasteiger charge is -2.07. The van der Waals surface area contributed by atoms with Gasteiger partial charge in [-0.05, 0) is 23.3 Å². The summed E-state index contributed by atoms with van der Waals surface area (Å²) in [5, 5.41) is 8.99. The van der Waals surface area contributed by atoms with E-state index in [0.717, 1.165) is 0 Å². The van der Waals surface area contributed by atoms with Gasteiger partial charge < -0.3 is 9.84 Å². The second-order valence-electron chi connectivity index (χ2n) is 4.72. The SMILES string of the molecule is O=C(C(=Cc1ccccc1)OCO)C(=Cc1ccccc1)[SH](=O)=O. The van der Waals surface area contributed by atoms with E-state index in [0.29, 0.717) is 11.1 Å². The van der Waals surface area contributed by atoms with Crippen molar-refractivity contribution in [2.24, 2.45) is 0 Å². The van der Waals surface area contributed by atoms with Gasteiger partial charge in [0.2, 0.25) is 5.78 Å². The molecule has 6 heteroatoms. The van der Waals surface area contributed by atoms with Gasteiger partial charge in [-0.25, -0.2) is 8.42 Å². The molecule has 0 atom stereocenters. The number of hydrogen-bond donors (Lipinski definition) is 2. The number of thiol groups is 1. The van der Waals surface area contributed by atoms with Crippen LogP contribution < -0.4 is 0 Å². The number of hydrogen-bond acceptors (Lipinski definition) is 5. The first kappa shape index (κ1) is 17.7. The molecule has 0 fully saturated rings. The van der Waals surface area contributed by atoms with Crippen molar-refractivity contribution in [3.05, 3.63) is 82.5 Å². The molecule has 0 saturated heterocycles. The highest BCUT2D eigenvalue weighted by Crippen LogP contribution is 2.16. The maximum Gasteiger partial charge on any atom is 0.238 e. The predicted molar refractivity (Wildman–Crippen MR) is 92.3 cm³/mol. The van der Waals surface area contributed by atoms with E-state index in [1.165, 1.54) is 12.2 Å². The Morgan fingerprint density at radius 2 is 1.42 bits per heavy atom. The van der Waals surface area contributed by atoms with Gasteiger partial charge >= 0.3 is 0 Å². The van der Waals surface area contributed by atoms with E-state index in [2.05, 4.69) is 0 Å². The molecule has 0 unspecified atom stereocenters. The summed E-state index contributed by atoms with van der Waals surface area (Å²) in [6.07, 6.45) is 2.66. The van der Waals surface area contributed by atoms with Crippen molar-refractivity contribution in [3.8, 4) is 0 Å². The van der Waals surface area contributed by atoms with Crippen molar-refractivity contribution >= 4 is 28.6 Å². The lowest BCUT2D eigenvalue weighted by Crippen LogP contribution is -2.11. The largest absolute Gasteiger partial charge is 0.464 e. The zero-order valence-electron chi connectivity index (χ0n) is 12.7. The smallest absolute Gasteiger partial charge is 0.238 e. The number of ether oxygens (including phenoxy) is 1. The van der Waals surface area contributed by atoms with Crippen molar-refractivity contribution in [2.75, 3.05) is 6.79 Å². The van der Waals surface area contributed by atoms with Gasteiger partial charge in [0.05, 0.1) is 0 Å². The molecule has 2 rings (SSSR count). The average molecular weight is 344 g/mol. The first-order valence-electron chi connectivity index (χ1n) is 7.08. The van der Waals surface area contributed by atoms with Gasteiger partial charge in [0.1, 0.15) is 4.91 Å². The fourth-order valence-corrected chi connectivity index (χ4v) is 2.51. The molecular weight excluding hydrogens is 328 g/mol. The van der Waals surface area contributed by atoms with Crippen LogP contribution in [0.3, 0.4) is 0 Å². The van der Waals surface area contributed by atoms with E-state index in [9.17, 15) is 13.2 Å². The van der Waals surface area contributed by atoms with Crippen LogP contribution in [0.1, 0.15) is 11.1 Å². The minimum absolute atomic E-state index is 0.245. The monoisotopic (exact) mass is 344 g/mol. The summed E-state index contributed by atoms with van der Waals surface area (Å²) in [5.74, 6) is -1.06. The molecule has 0 heterocycles. The lowest BCUT2D eigenvalue weighted by molar-refractivity contribution is -0.116. The summed E-state index contributed by atoms with van der Waals surface area (Å²) < 4.78 is 28.0. The number of carbonyl (C=O) groups is 1. The molecule has 0 spiro atoms. The van der Waals surface area contributed by atoms with Gasteiger partial charge in [-0.2, -0.15) is 0 Å². The quantitative estimate of drug-likeness (QED) is 0.348. The minimum atomic E-state index is -3.14. The van der Waals surface area contributed by atoms with Crippen LogP contribution in [-0.2, 0) is 20.2 Å². The number of aliphatic hydroxyl groups excluding tert-OH is 1. The van der Waals surface area contributed by atoms with Crippen LogP contribution in [-0.4, -0.2) is 26.1 Å². The summed E-state index contributed by atoms with van der Waals surface area (Å²) in [6, 6.07) is 17.4. The Hall–Kier alpha value is -2.70. The molecular formula is C18H16O5S. The highest BCUT2D eigenvalue weighted by Gasteiger charge is 2.19. The Balaban J connectivity index is 2.43. The second kappa shape index (κ2) is 8.81. The van der Waals surface area contributed by atoms with Crippen LogP contribution in [0.4, 0.5) is 0 Å². The zero-order valence-corrected chi connectivity index (χ0v) is 13.6. The highest BCUT2D eigenvalue weighted by molar-refractivity contribution is 7.78. The van der Waals surface area contributed by atoms with E-state index in [4.69, 9.17) is 9.84 Å². The first-order valence-corrected chi connectivity index (χ1v) is 8.26. The van der Waals surface area contributed by atoms with E-state index in [1.807, 2.05) is 0 Å². The van der Waals surface area contributed by atoms with Crippen molar-refractivity contribution in [1.82, 2.24) is 0 Å². The third kappa shape index (κ3) is 4.91. The normalized spacial score (nSPS) is 12.2. The Labute approximate surface area is 141 Å². The van der Waals surface area contributed by atoms with Gasteiger partial charge in [-0.3, -0.25) is 4.79 Å². The van der Waals surface area contributed by atoms with Gasteiger partial charge in [0, 0.05) is 0 Å². The second-order valence-corrected chi connectivity index (χ2v) is 5.72. The lowest BCUT2D eigenvalue weighted by atomic mass is 10.1. The minimum Gasteiger partial charge on any atom is -0.464 e.